The van der Waals surface area contributed by atoms with Crippen molar-refractivity contribution in [3.05, 3.63) is 68.9 Å². The van der Waals surface area contributed by atoms with Crippen LogP contribution in [0.4, 0.5) is 0 Å². The third-order valence-electron chi connectivity index (χ3n) is 2.68. The predicted molar refractivity (Wildman–Crippen MR) is 77.8 cm³/mol. The summed E-state index contributed by atoms with van der Waals surface area (Å²) in [4.78, 5) is 12.7. The number of benzene rings is 1. The average Bonchev–Trinajstić information content (AvgIpc) is 3.03. The highest BCUT2D eigenvalue weighted by Crippen LogP contribution is 2.30. The smallest absolute Gasteiger partial charge is 0.343 e. The number of hydrogen-bond donors (Lipinski definition) is 0. The topological polar surface area (TPSA) is 26.3 Å². The van der Waals surface area contributed by atoms with Crippen molar-refractivity contribution < 1.29 is 9.53 Å². The minimum Gasteiger partial charge on any atom is -0.421 e. The number of carbonyl (C=O) groups is 1. The van der Waals surface area contributed by atoms with Gasteiger partial charge in [0.05, 0.1) is 10.5 Å². The lowest BCUT2D eigenvalue weighted by molar-refractivity contribution is -0.130. The lowest BCUT2D eigenvalue weighted by Gasteiger charge is -1.96. The maximum Gasteiger partial charge on any atom is 0.343 e. The molecule has 0 saturated heterocycles. The minimum atomic E-state index is -0.321. The third-order valence-corrected chi connectivity index (χ3v) is 3.82. The van der Waals surface area contributed by atoms with E-state index in [9.17, 15) is 4.79 Å². The van der Waals surface area contributed by atoms with Crippen LogP contribution in [0.1, 0.15) is 10.4 Å². The van der Waals surface area contributed by atoms with Gasteiger partial charge in [-0.1, -0.05) is 29.8 Å². The van der Waals surface area contributed by atoms with Gasteiger partial charge in [-0.05, 0) is 41.3 Å². The molecule has 19 heavy (non-hydrogen) atoms. The molecule has 1 aromatic carbocycles. The fraction of sp³-hybridized carbons (Fsp3) is 0. The highest BCUT2D eigenvalue weighted by molar-refractivity contribution is 7.11. The van der Waals surface area contributed by atoms with E-state index in [1.54, 1.807) is 35.6 Å². The van der Waals surface area contributed by atoms with E-state index in [-0.39, 0.29) is 5.97 Å². The van der Waals surface area contributed by atoms with E-state index in [0.717, 1.165) is 10.4 Å². The molecule has 94 valence electrons. The maximum atomic E-state index is 11.8. The first-order chi connectivity index (χ1) is 9.22. The van der Waals surface area contributed by atoms with E-state index in [1.165, 1.54) is 0 Å². The molecule has 1 aliphatic rings. The van der Waals surface area contributed by atoms with Gasteiger partial charge >= 0.3 is 5.97 Å². The van der Waals surface area contributed by atoms with Crippen LogP contribution in [0.3, 0.4) is 0 Å². The molecule has 2 aromatic rings. The van der Waals surface area contributed by atoms with Gasteiger partial charge in [-0.3, -0.25) is 0 Å². The molecule has 2 heterocycles. The largest absolute Gasteiger partial charge is 0.421 e. The molecule has 0 amide bonds. The van der Waals surface area contributed by atoms with Gasteiger partial charge in [0.1, 0.15) is 5.76 Å². The molecule has 0 spiro atoms. The van der Waals surface area contributed by atoms with Crippen LogP contribution in [0.25, 0.3) is 11.8 Å². The van der Waals surface area contributed by atoms with Crippen molar-refractivity contribution in [1.29, 1.82) is 0 Å². The Hall–Kier alpha value is -1.84. The molecular weight excluding hydrogens is 280 g/mol. The van der Waals surface area contributed by atoms with Crippen molar-refractivity contribution in [3.8, 4) is 0 Å². The Morgan fingerprint density at radius 2 is 1.95 bits per heavy atom. The van der Waals surface area contributed by atoms with Gasteiger partial charge in [0.25, 0.3) is 0 Å². The number of hydrogen-bond acceptors (Lipinski definition) is 3. The van der Waals surface area contributed by atoms with Crippen LogP contribution in [0.2, 0.25) is 5.02 Å². The second-order valence-electron chi connectivity index (χ2n) is 4.03. The zero-order chi connectivity index (χ0) is 13.2. The van der Waals surface area contributed by atoms with Gasteiger partial charge in [-0.25, -0.2) is 4.79 Å². The van der Waals surface area contributed by atoms with Crippen molar-refractivity contribution in [2.45, 2.75) is 0 Å². The molecule has 2 nitrogen and oxygen atoms in total. The monoisotopic (exact) mass is 288 g/mol. The standard InChI is InChI=1S/C15H9ClO2S/c16-12-5-3-10(4-6-12)8-11-9-13(18-15(11)17)14-2-1-7-19-14/h1-9H/b11-8+. The number of thiophene rings is 1. The van der Waals surface area contributed by atoms with Gasteiger partial charge in [0.2, 0.25) is 0 Å². The highest BCUT2D eigenvalue weighted by Gasteiger charge is 2.22. The van der Waals surface area contributed by atoms with Crippen LogP contribution < -0.4 is 0 Å². The second kappa shape index (κ2) is 5.03. The van der Waals surface area contributed by atoms with Crippen molar-refractivity contribution in [2.24, 2.45) is 0 Å². The molecule has 0 saturated carbocycles. The molecule has 0 fully saturated rings. The summed E-state index contributed by atoms with van der Waals surface area (Å²) in [5.74, 6) is 0.290. The molecule has 0 bridgehead atoms. The lowest BCUT2D eigenvalue weighted by atomic mass is 10.1. The van der Waals surface area contributed by atoms with Gasteiger partial charge in [-0.2, -0.15) is 0 Å². The Morgan fingerprint density at radius 1 is 1.16 bits per heavy atom. The molecule has 4 heteroatoms. The Morgan fingerprint density at radius 3 is 2.63 bits per heavy atom. The summed E-state index contributed by atoms with van der Waals surface area (Å²) in [5, 5.41) is 2.62. The third kappa shape index (κ3) is 2.62. The van der Waals surface area contributed by atoms with Crippen molar-refractivity contribution in [1.82, 2.24) is 0 Å². The number of halogens is 1. The zero-order valence-corrected chi connectivity index (χ0v) is 11.4. The number of carbonyl (C=O) groups excluding carboxylic acids is 1. The van der Waals surface area contributed by atoms with Gasteiger partial charge in [0, 0.05) is 5.02 Å². The first-order valence-electron chi connectivity index (χ1n) is 5.67. The Bertz CT molecular complexity index is 667. The number of rotatable bonds is 2. The summed E-state index contributed by atoms with van der Waals surface area (Å²) in [5.41, 5.74) is 1.46. The number of ether oxygens (including phenoxy) is 1. The number of cyclic esters (lactones) is 1. The Balaban J connectivity index is 1.92. The number of esters is 1. The van der Waals surface area contributed by atoms with Crippen LogP contribution in [-0.2, 0) is 9.53 Å². The summed E-state index contributed by atoms with van der Waals surface area (Å²) < 4.78 is 5.25. The summed E-state index contributed by atoms with van der Waals surface area (Å²) >= 11 is 7.37. The van der Waals surface area contributed by atoms with Gasteiger partial charge in [-0.15, -0.1) is 11.3 Å². The fourth-order valence-electron chi connectivity index (χ4n) is 1.77. The second-order valence-corrected chi connectivity index (χ2v) is 5.41. The molecular formula is C15H9ClO2S. The molecule has 1 aromatic heterocycles. The average molecular weight is 289 g/mol. The molecule has 0 N–H and O–H groups in total. The van der Waals surface area contributed by atoms with Crippen LogP contribution in [-0.4, -0.2) is 5.97 Å². The summed E-state index contributed by atoms with van der Waals surface area (Å²) in [6.45, 7) is 0. The maximum absolute atomic E-state index is 11.8. The van der Waals surface area contributed by atoms with Gasteiger partial charge in [0.15, 0.2) is 0 Å². The van der Waals surface area contributed by atoms with E-state index in [4.69, 9.17) is 16.3 Å². The zero-order valence-electron chi connectivity index (χ0n) is 9.80. The quantitative estimate of drug-likeness (QED) is 0.605. The van der Waals surface area contributed by atoms with E-state index in [0.29, 0.717) is 16.4 Å². The minimum absolute atomic E-state index is 0.321. The fourth-order valence-corrected chi connectivity index (χ4v) is 2.57. The first kappa shape index (κ1) is 12.2. The highest BCUT2D eigenvalue weighted by atomic mass is 35.5. The molecule has 3 rings (SSSR count). The lowest BCUT2D eigenvalue weighted by Crippen LogP contribution is -1.96. The van der Waals surface area contributed by atoms with Crippen LogP contribution in [0, 0.1) is 0 Å². The summed E-state index contributed by atoms with van der Waals surface area (Å²) in [6, 6.07) is 11.2. The summed E-state index contributed by atoms with van der Waals surface area (Å²) in [7, 11) is 0. The van der Waals surface area contributed by atoms with Gasteiger partial charge < -0.3 is 4.74 Å². The van der Waals surface area contributed by atoms with E-state index < -0.39 is 0 Å². The first-order valence-corrected chi connectivity index (χ1v) is 6.93. The van der Waals surface area contributed by atoms with Crippen LogP contribution in [0.15, 0.2) is 53.4 Å². The normalized spacial score (nSPS) is 16.6. The molecule has 0 atom stereocenters. The molecule has 1 aliphatic heterocycles. The van der Waals surface area contributed by atoms with E-state index >= 15 is 0 Å². The summed E-state index contributed by atoms with van der Waals surface area (Å²) in [6.07, 6.45) is 3.56. The molecule has 0 aliphatic carbocycles. The van der Waals surface area contributed by atoms with Crippen LogP contribution in [0.5, 0.6) is 0 Å². The molecule has 0 unspecified atom stereocenters. The SMILES string of the molecule is O=C1OC(c2cccs2)=C/C1=C\c1ccc(Cl)cc1. The predicted octanol–water partition coefficient (Wildman–Crippen LogP) is 4.38. The Kier molecular flexibility index (Phi) is 3.23. The van der Waals surface area contributed by atoms with Crippen molar-refractivity contribution in [2.75, 3.05) is 0 Å². The van der Waals surface area contributed by atoms with Crippen LogP contribution >= 0.6 is 22.9 Å². The Labute approximate surface area is 119 Å². The van der Waals surface area contributed by atoms with E-state index in [1.807, 2.05) is 29.6 Å². The van der Waals surface area contributed by atoms with Crippen molar-refractivity contribution >= 4 is 40.7 Å². The van der Waals surface area contributed by atoms with E-state index in [2.05, 4.69) is 0 Å². The molecule has 0 radical (unpaired) electrons. The van der Waals surface area contributed by atoms with Crippen molar-refractivity contribution in [3.63, 3.8) is 0 Å².